The molecular formula is C11H12BrNO4. The summed E-state index contributed by atoms with van der Waals surface area (Å²) in [4.78, 5) is 11.2. The average Bonchev–Trinajstić information content (AvgIpc) is 2.74. The van der Waals surface area contributed by atoms with E-state index >= 15 is 0 Å². The summed E-state index contributed by atoms with van der Waals surface area (Å²) in [6.45, 7) is 0.206. The number of nitrogens with two attached hydrogens (primary N) is 1. The normalized spacial score (nSPS) is 14.5. The number of rotatable bonds is 3. The molecule has 6 heteroatoms. The number of carbonyl (C=O) groups excluding carboxylic acids is 1. The van der Waals surface area contributed by atoms with Gasteiger partial charge in [0.2, 0.25) is 6.79 Å². The fraction of sp³-hybridized carbons (Fsp3) is 0.364. The molecule has 0 aliphatic carbocycles. The van der Waals surface area contributed by atoms with Crippen molar-refractivity contribution in [2.24, 2.45) is 5.73 Å². The third-order valence-electron chi connectivity index (χ3n) is 2.51. The molecule has 1 aromatic rings. The number of benzene rings is 1. The molecule has 0 saturated carbocycles. The van der Waals surface area contributed by atoms with E-state index in [0.717, 1.165) is 10.0 Å². The lowest BCUT2D eigenvalue weighted by molar-refractivity contribution is -0.141. The topological polar surface area (TPSA) is 70.8 Å². The molecule has 1 aromatic carbocycles. The highest BCUT2D eigenvalue weighted by atomic mass is 79.9. The van der Waals surface area contributed by atoms with Crippen LogP contribution in [0.5, 0.6) is 11.5 Å². The molecule has 0 spiro atoms. The van der Waals surface area contributed by atoms with E-state index < -0.39 is 6.04 Å². The molecule has 2 N–H and O–H groups in total. The van der Waals surface area contributed by atoms with E-state index in [2.05, 4.69) is 20.7 Å². The molecule has 1 atom stereocenters. The molecule has 5 nitrogen and oxygen atoms in total. The van der Waals surface area contributed by atoms with Gasteiger partial charge < -0.3 is 19.9 Å². The summed E-state index contributed by atoms with van der Waals surface area (Å²) < 4.78 is 15.9. The van der Waals surface area contributed by atoms with Crippen LogP contribution in [-0.4, -0.2) is 19.9 Å². The van der Waals surface area contributed by atoms with Crippen molar-refractivity contribution in [1.29, 1.82) is 0 Å². The van der Waals surface area contributed by atoms with Gasteiger partial charge >= 0.3 is 5.97 Å². The van der Waals surface area contributed by atoms with Crippen molar-refractivity contribution in [1.82, 2.24) is 0 Å². The van der Waals surface area contributed by atoms with Crippen molar-refractivity contribution in [3.8, 4) is 11.5 Å². The highest BCUT2D eigenvalue weighted by Gasteiger charge is 2.21. The lowest BCUT2D eigenvalue weighted by atomic mass is 10.0. The Kier molecular flexibility index (Phi) is 3.54. The van der Waals surface area contributed by atoms with Gasteiger partial charge in [-0.05, 0) is 17.7 Å². The molecule has 0 bridgehead atoms. The van der Waals surface area contributed by atoms with Gasteiger partial charge in [-0.25, -0.2) is 0 Å². The van der Waals surface area contributed by atoms with Crippen LogP contribution in [0.3, 0.4) is 0 Å². The molecule has 2 rings (SSSR count). The monoisotopic (exact) mass is 301 g/mol. The van der Waals surface area contributed by atoms with Gasteiger partial charge in [0.15, 0.2) is 11.5 Å². The molecule has 1 heterocycles. The summed E-state index contributed by atoms with van der Waals surface area (Å²) in [5.74, 6) is 0.969. The zero-order valence-electron chi connectivity index (χ0n) is 9.23. The summed E-state index contributed by atoms with van der Waals surface area (Å²) in [5, 5.41) is 0. The van der Waals surface area contributed by atoms with Crippen LogP contribution in [0.2, 0.25) is 0 Å². The number of esters is 1. The Balaban J connectivity index is 2.23. The minimum atomic E-state index is -0.439. The van der Waals surface area contributed by atoms with Crippen molar-refractivity contribution >= 4 is 21.9 Å². The lowest BCUT2D eigenvalue weighted by Crippen LogP contribution is -2.16. The Morgan fingerprint density at radius 1 is 1.53 bits per heavy atom. The minimum Gasteiger partial charge on any atom is -0.469 e. The van der Waals surface area contributed by atoms with E-state index in [4.69, 9.17) is 15.2 Å². The zero-order chi connectivity index (χ0) is 12.4. The SMILES string of the molecule is COC(=O)C[C@@H](N)c1cc2c(cc1Br)OCO2. The third-order valence-corrected chi connectivity index (χ3v) is 3.19. The average molecular weight is 302 g/mol. The van der Waals surface area contributed by atoms with Gasteiger partial charge in [-0.3, -0.25) is 4.79 Å². The molecule has 92 valence electrons. The van der Waals surface area contributed by atoms with Crippen LogP contribution < -0.4 is 15.2 Å². The first-order valence-electron chi connectivity index (χ1n) is 5.03. The molecule has 0 saturated heterocycles. The number of carbonyl (C=O) groups is 1. The summed E-state index contributed by atoms with van der Waals surface area (Å²) in [6.07, 6.45) is 0.120. The molecule has 17 heavy (non-hydrogen) atoms. The van der Waals surface area contributed by atoms with Gasteiger partial charge in [0.25, 0.3) is 0 Å². The number of ether oxygens (including phenoxy) is 3. The lowest BCUT2D eigenvalue weighted by Gasteiger charge is -2.13. The van der Waals surface area contributed by atoms with Crippen molar-refractivity contribution in [3.05, 3.63) is 22.2 Å². The summed E-state index contributed by atoms with van der Waals surface area (Å²) in [5.41, 5.74) is 6.73. The van der Waals surface area contributed by atoms with Crippen LogP contribution in [0.1, 0.15) is 18.0 Å². The number of halogens is 1. The highest BCUT2D eigenvalue weighted by Crippen LogP contribution is 2.39. The summed E-state index contributed by atoms with van der Waals surface area (Å²) in [7, 11) is 1.34. The Morgan fingerprint density at radius 3 is 2.82 bits per heavy atom. The number of hydrogen-bond acceptors (Lipinski definition) is 5. The number of fused-ring (bicyclic) bond motifs is 1. The predicted octanol–water partition coefficient (Wildman–Crippen LogP) is 1.74. The van der Waals surface area contributed by atoms with E-state index in [1.165, 1.54) is 7.11 Å². The second-order valence-electron chi connectivity index (χ2n) is 3.61. The van der Waals surface area contributed by atoms with Crippen LogP contribution in [-0.2, 0) is 9.53 Å². The zero-order valence-corrected chi connectivity index (χ0v) is 10.8. The Hall–Kier alpha value is -1.27. The van der Waals surface area contributed by atoms with Gasteiger partial charge in [-0.2, -0.15) is 0 Å². The molecule has 0 fully saturated rings. The van der Waals surface area contributed by atoms with E-state index in [-0.39, 0.29) is 19.2 Å². The first kappa shape index (κ1) is 12.2. The first-order chi connectivity index (χ1) is 8.11. The van der Waals surface area contributed by atoms with Gasteiger partial charge in [0.05, 0.1) is 13.5 Å². The predicted molar refractivity (Wildman–Crippen MR) is 63.8 cm³/mol. The van der Waals surface area contributed by atoms with Crippen molar-refractivity contribution in [2.75, 3.05) is 13.9 Å². The van der Waals surface area contributed by atoms with E-state index in [9.17, 15) is 4.79 Å². The largest absolute Gasteiger partial charge is 0.469 e. The van der Waals surface area contributed by atoms with Gasteiger partial charge in [-0.1, -0.05) is 15.9 Å². The van der Waals surface area contributed by atoms with E-state index in [1.54, 1.807) is 12.1 Å². The van der Waals surface area contributed by atoms with Crippen LogP contribution >= 0.6 is 15.9 Å². The van der Waals surface area contributed by atoms with Crippen LogP contribution in [0.15, 0.2) is 16.6 Å². The number of methoxy groups -OCH3 is 1. The minimum absolute atomic E-state index is 0.120. The summed E-state index contributed by atoms with van der Waals surface area (Å²) >= 11 is 3.39. The Morgan fingerprint density at radius 2 is 2.18 bits per heavy atom. The quantitative estimate of drug-likeness (QED) is 0.861. The van der Waals surface area contributed by atoms with Gasteiger partial charge in [-0.15, -0.1) is 0 Å². The standard InChI is InChI=1S/C11H12BrNO4/c1-15-11(14)4-8(13)6-2-9-10(3-7(6)12)17-5-16-9/h2-3,8H,4-5,13H2,1H3/t8-/m1/s1. The fourth-order valence-corrected chi connectivity index (χ4v) is 2.21. The molecule has 0 amide bonds. The Bertz CT molecular complexity index is 449. The smallest absolute Gasteiger partial charge is 0.307 e. The van der Waals surface area contributed by atoms with Crippen LogP contribution in [0.25, 0.3) is 0 Å². The second-order valence-corrected chi connectivity index (χ2v) is 4.47. The van der Waals surface area contributed by atoms with Crippen LogP contribution in [0, 0.1) is 0 Å². The van der Waals surface area contributed by atoms with Crippen molar-refractivity contribution < 1.29 is 19.0 Å². The molecule has 0 aromatic heterocycles. The van der Waals surface area contributed by atoms with Gasteiger partial charge in [0, 0.05) is 10.5 Å². The molecular weight excluding hydrogens is 290 g/mol. The van der Waals surface area contributed by atoms with E-state index in [0.29, 0.717) is 11.5 Å². The summed E-state index contributed by atoms with van der Waals surface area (Å²) in [6, 6.07) is 3.13. The Labute approximate surface area is 107 Å². The molecule has 1 aliphatic rings. The van der Waals surface area contributed by atoms with E-state index in [1.807, 2.05) is 0 Å². The maximum atomic E-state index is 11.2. The highest BCUT2D eigenvalue weighted by molar-refractivity contribution is 9.10. The van der Waals surface area contributed by atoms with Gasteiger partial charge in [0.1, 0.15) is 0 Å². The number of hydrogen-bond donors (Lipinski definition) is 1. The molecule has 0 unspecified atom stereocenters. The molecule has 0 radical (unpaired) electrons. The maximum Gasteiger partial charge on any atom is 0.307 e. The van der Waals surface area contributed by atoms with Crippen molar-refractivity contribution in [3.63, 3.8) is 0 Å². The molecule has 1 aliphatic heterocycles. The van der Waals surface area contributed by atoms with Crippen molar-refractivity contribution in [2.45, 2.75) is 12.5 Å². The van der Waals surface area contributed by atoms with Crippen LogP contribution in [0.4, 0.5) is 0 Å². The fourth-order valence-electron chi connectivity index (χ4n) is 1.59. The maximum absolute atomic E-state index is 11.2. The first-order valence-corrected chi connectivity index (χ1v) is 5.82. The third kappa shape index (κ3) is 2.53. The second kappa shape index (κ2) is 4.93.